The summed E-state index contributed by atoms with van der Waals surface area (Å²) in [7, 11) is 3.50. The van der Waals surface area contributed by atoms with Gasteiger partial charge in [0.2, 0.25) is 0 Å². The van der Waals surface area contributed by atoms with Crippen LogP contribution in [0.1, 0.15) is 12.7 Å². The van der Waals surface area contributed by atoms with Gasteiger partial charge in [0.05, 0.1) is 7.11 Å². The van der Waals surface area contributed by atoms with Gasteiger partial charge in [0.1, 0.15) is 23.2 Å². The summed E-state index contributed by atoms with van der Waals surface area (Å²) in [6, 6.07) is 9.60. The van der Waals surface area contributed by atoms with Gasteiger partial charge >= 0.3 is 0 Å². The third kappa shape index (κ3) is 3.34. The van der Waals surface area contributed by atoms with Gasteiger partial charge in [0.25, 0.3) is 0 Å². The fourth-order valence-electron chi connectivity index (χ4n) is 1.70. The summed E-state index contributed by atoms with van der Waals surface area (Å²) >= 11 is 0. The molecule has 0 bridgehead atoms. The molecule has 0 spiro atoms. The molecule has 1 aromatic heterocycles. The van der Waals surface area contributed by atoms with Crippen LogP contribution in [-0.2, 0) is 6.42 Å². The Kier molecular flexibility index (Phi) is 4.18. The molecule has 0 aliphatic heterocycles. The zero-order valence-corrected chi connectivity index (χ0v) is 11.4. The summed E-state index contributed by atoms with van der Waals surface area (Å²) in [5.41, 5.74) is 0.933. The molecule has 0 aliphatic carbocycles. The van der Waals surface area contributed by atoms with E-state index in [1.54, 1.807) is 7.11 Å². The fraction of sp³-hybridized carbons (Fsp3) is 0.286. The van der Waals surface area contributed by atoms with Gasteiger partial charge in [-0.05, 0) is 12.1 Å². The maximum absolute atomic E-state index is 5.20. The van der Waals surface area contributed by atoms with Crippen LogP contribution in [0.25, 0.3) is 0 Å². The summed E-state index contributed by atoms with van der Waals surface area (Å²) in [4.78, 5) is 8.81. The second-order valence-corrected chi connectivity index (χ2v) is 4.02. The van der Waals surface area contributed by atoms with E-state index in [1.807, 2.05) is 44.3 Å². The van der Waals surface area contributed by atoms with E-state index < -0.39 is 0 Å². The summed E-state index contributed by atoms with van der Waals surface area (Å²) < 4.78 is 5.20. The lowest BCUT2D eigenvalue weighted by Gasteiger charge is -2.10. The lowest BCUT2D eigenvalue weighted by molar-refractivity contribution is 0.415. The van der Waals surface area contributed by atoms with Crippen molar-refractivity contribution < 1.29 is 4.74 Å². The number of nitrogens with zero attached hydrogens (tertiary/aromatic N) is 2. The predicted octanol–water partition coefficient (Wildman–Crippen LogP) is 2.83. The molecule has 0 saturated carbocycles. The molecular weight excluding hydrogens is 240 g/mol. The van der Waals surface area contributed by atoms with Crippen molar-refractivity contribution in [2.75, 3.05) is 24.8 Å². The van der Waals surface area contributed by atoms with Crippen molar-refractivity contribution in [3.05, 3.63) is 36.2 Å². The molecule has 0 saturated heterocycles. The Morgan fingerprint density at radius 2 is 1.95 bits per heavy atom. The van der Waals surface area contributed by atoms with E-state index in [9.17, 15) is 0 Å². The number of aryl methyl sites for hydroxylation is 1. The zero-order chi connectivity index (χ0) is 13.7. The van der Waals surface area contributed by atoms with Crippen LogP contribution < -0.4 is 15.4 Å². The average molecular weight is 258 g/mol. The topological polar surface area (TPSA) is 59.1 Å². The van der Waals surface area contributed by atoms with Gasteiger partial charge in [-0.1, -0.05) is 13.0 Å². The molecule has 5 heteroatoms. The Bertz CT molecular complexity index is 535. The molecule has 100 valence electrons. The fourth-order valence-corrected chi connectivity index (χ4v) is 1.70. The quantitative estimate of drug-likeness (QED) is 0.863. The highest BCUT2D eigenvalue weighted by molar-refractivity contribution is 5.60. The Labute approximate surface area is 113 Å². The maximum Gasteiger partial charge on any atom is 0.136 e. The van der Waals surface area contributed by atoms with Crippen LogP contribution in [0, 0.1) is 0 Å². The van der Waals surface area contributed by atoms with Crippen LogP contribution >= 0.6 is 0 Å². The van der Waals surface area contributed by atoms with Crippen LogP contribution in [0.2, 0.25) is 0 Å². The van der Waals surface area contributed by atoms with Gasteiger partial charge in [0.15, 0.2) is 0 Å². The lowest BCUT2D eigenvalue weighted by atomic mass is 10.3. The van der Waals surface area contributed by atoms with Crippen molar-refractivity contribution in [3.8, 4) is 5.75 Å². The molecule has 0 atom stereocenters. The van der Waals surface area contributed by atoms with E-state index in [-0.39, 0.29) is 0 Å². The molecule has 19 heavy (non-hydrogen) atoms. The SMILES string of the molecule is CCc1nc(NC)cc(Nc2cccc(OC)c2)n1. The van der Waals surface area contributed by atoms with Gasteiger partial charge < -0.3 is 15.4 Å². The zero-order valence-electron chi connectivity index (χ0n) is 11.4. The Morgan fingerprint density at radius 1 is 1.16 bits per heavy atom. The van der Waals surface area contributed by atoms with Crippen LogP contribution in [0.3, 0.4) is 0 Å². The summed E-state index contributed by atoms with van der Waals surface area (Å²) in [5, 5.41) is 6.29. The van der Waals surface area contributed by atoms with Gasteiger partial charge in [-0.25, -0.2) is 9.97 Å². The van der Waals surface area contributed by atoms with Crippen LogP contribution in [-0.4, -0.2) is 24.1 Å². The molecule has 0 radical (unpaired) electrons. The molecule has 1 aromatic carbocycles. The molecule has 2 rings (SSSR count). The van der Waals surface area contributed by atoms with Gasteiger partial charge in [-0.2, -0.15) is 0 Å². The minimum Gasteiger partial charge on any atom is -0.497 e. The highest BCUT2D eigenvalue weighted by atomic mass is 16.5. The summed E-state index contributed by atoms with van der Waals surface area (Å²) in [6.45, 7) is 2.03. The van der Waals surface area contributed by atoms with Crippen LogP contribution in [0.15, 0.2) is 30.3 Å². The molecule has 0 unspecified atom stereocenters. The van der Waals surface area contributed by atoms with Gasteiger partial charge in [-0.3, -0.25) is 0 Å². The second kappa shape index (κ2) is 6.04. The number of methoxy groups -OCH3 is 1. The highest BCUT2D eigenvalue weighted by Gasteiger charge is 2.03. The molecule has 1 heterocycles. The van der Waals surface area contributed by atoms with E-state index in [0.717, 1.165) is 35.3 Å². The monoisotopic (exact) mass is 258 g/mol. The normalized spacial score (nSPS) is 10.1. The average Bonchev–Trinajstić information content (AvgIpc) is 2.47. The Balaban J connectivity index is 2.26. The number of nitrogens with one attached hydrogen (secondary N) is 2. The highest BCUT2D eigenvalue weighted by Crippen LogP contribution is 2.21. The largest absolute Gasteiger partial charge is 0.497 e. The summed E-state index contributed by atoms with van der Waals surface area (Å²) in [6.07, 6.45) is 0.794. The van der Waals surface area contributed by atoms with Crippen LogP contribution in [0.5, 0.6) is 5.75 Å². The van der Waals surface area contributed by atoms with Gasteiger partial charge in [0, 0.05) is 31.3 Å². The molecule has 2 aromatic rings. The Hall–Kier alpha value is -2.30. The second-order valence-electron chi connectivity index (χ2n) is 4.02. The minimum atomic E-state index is 0.768. The predicted molar refractivity (Wildman–Crippen MR) is 77.2 cm³/mol. The first kappa shape index (κ1) is 13.1. The van der Waals surface area contributed by atoms with E-state index in [2.05, 4.69) is 20.6 Å². The first-order valence-corrected chi connectivity index (χ1v) is 6.22. The number of benzene rings is 1. The van der Waals surface area contributed by atoms with Gasteiger partial charge in [-0.15, -0.1) is 0 Å². The molecule has 0 amide bonds. The number of hydrogen-bond acceptors (Lipinski definition) is 5. The van der Waals surface area contributed by atoms with E-state index in [1.165, 1.54) is 0 Å². The summed E-state index contributed by atoms with van der Waals surface area (Å²) in [5.74, 6) is 3.18. The lowest BCUT2D eigenvalue weighted by Crippen LogP contribution is -2.03. The van der Waals surface area contributed by atoms with Crippen molar-refractivity contribution in [2.24, 2.45) is 0 Å². The van der Waals surface area contributed by atoms with Crippen molar-refractivity contribution in [3.63, 3.8) is 0 Å². The number of ether oxygens (including phenoxy) is 1. The number of anilines is 3. The molecule has 5 nitrogen and oxygen atoms in total. The standard InChI is InChI=1S/C14H18N4O/c1-4-12-17-13(15-2)9-14(18-12)16-10-6-5-7-11(8-10)19-3/h5-9H,4H2,1-3H3,(H2,15,16,17,18). The first-order valence-electron chi connectivity index (χ1n) is 6.22. The van der Waals surface area contributed by atoms with Crippen molar-refractivity contribution in [1.82, 2.24) is 9.97 Å². The number of hydrogen-bond donors (Lipinski definition) is 2. The third-order valence-electron chi connectivity index (χ3n) is 2.69. The van der Waals surface area contributed by atoms with Crippen molar-refractivity contribution in [1.29, 1.82) is 0 Å². The molecule has 0 aliphatic rings. The van der Waals surface area contributed by atoms with Crippen molar-refractivity contribution >= 4 is 17.3 Å². The maximum atomic E-state index is 5.20. The molecule has 2 N–H and O–H groups in total. The number of rotatable bonds is 5. The Morgan fingerprint density at radius 3 is 2.63 bits per heavy atom. The molecular formula is C14H18N4O. The number of aromatic nitrogens is 2. The van der Waals surface area contributed by atoms with E-state index in [4.69, 9.17) is 4.74 Å². The molecule has 0 fully saturated rings. The van der Waals surface area contributed by atoms with E-state index >= 15 is 0 Å². The minimum absolute atomic E-state index is 0.768. The smallest absolute Gasteiger partial charge is 0.136 e. The third-order valence-corrected chi connectivity index (χ3v) is 2.69. The van der Waals surface area contributed by atoms with Crippen LogP contribution in [0.4, 0.5) is 17.3 Å². The van der Waals surface area contributed by atoms with E-state index in [0.29, 0.717) is 0 Å². The van der Waals surface area contributed by atoms with Crippen molar-refractivity contribution in [2.45, 2.75) is 13.3 Å². The first-order chi connectivity index (χ1) is 9.25.